The molecule has 0 amide bonds. The summed E-state index contributed by atoms with van der Waals surface area (Å²) in [5.74, 6) is 0. The molecule has 0 saturated heterocycles. The molecule has 0 atom stereocenters. The standard InChI is InChI=1S/C11H18N2O3S/c1-2-7-13-17(15,16)11-5-3-10(4-6-11)12-8-9-14/h3-6,12-14H,2,7-9H2,1H3. The van der Waals surface area contributed by atoms with Gasteiger partial charge in [-0.1, -0.05) is 6.92 Å². The van der Waals surface area contributed by atoms with Gasteiger partial charge < -0.3 is 10.4 Å². The fraction of sp³-hybridized carbons (Fsp3) is 0.455. The van der Waals surface area contributed by atoms with Crippen LogP contribution in [0.25, 0.3) is 0 Å². The Morgan fingerprint density at radius 3 is 2.35 bits per heavy atom. The third kappa shape index (κ3) is 4.33. The van der Waals surface area contributed by atoms with Crippen LogP contribution in [0.1, 0.15) is 13.3 Å². The van der Waals surface area contributed by atoms with Gasteiger partial charge in [-0.25, -0.2) is 13.1 Å². The molecule has 96 valence electrons. The maximum Gasteiger partial charge on any atom is 0.240 e. The Balaban J connectivity index is 2.73. The van der Waals surface area contributed by atoms with E-state index in [-0.39, 0.29) is 11.5 Å². The van der Waals surface area contributed by atoms with Crippen molar-refractivity contribution in [2.24, 2.45) is 0 Å². The molecule has 0 spiro atoms. The predicted octanol–water partition coefficient (Wildman–Crippen LogP) is 0.779. The summed E-state index contributed by atoms with van der Waals surface area (Å²) >= 11 is 0. The Morgan fingerprint density at radius 2 is 1.82 bits per heavy atom. The normalized spacial score (nSPS) is 11.4. The fourth-order valence-corrected chi connectivity index (χ4v) is 2.41. The van der Waals surface area contributed by atoms with E-state index in [1.165, 1.54) is 12.1 Å². The highest BCUT2D eigenvalue weighted by Crippen LogP contribution is 2.13. The van der Waals surface area contributed by atoms with E-state index in [1.54, 1.807) is 12.1 Å². The molecule has 0 heterocycles. The average molecular weight is 258 g/mol. The topological polar surface area (TPSA) is 78.4 Å². The molecule has 0 radical (unpaired) electrons. The summed E-state index contributed by atoms with van der Waals surface area (Å²) in [6.45, 7) is 2.83. The van der Waals surface area contributed by atoms with E-state index in [9.17, 15) is 8.42 Å². The molecule has 0 unspecified atom stereocenters. The van der Waals surface area contributed by atoms with Gasteiger partial charge in [-0.3, -0.25) is 0 Å². The van der Waals surface area contributed by atoms with Gasteiger partial charge >= 0.3 is 0 Å². The number of hydrogen-bond donors (Lipinski definition) is 3. The molecule has 0 saturated carbocycles. The molecule has 0 aliphatic carbocycles. The van der Waals surface area contributed by atoms with Crippen LogP contribution in [0.15, 0.2) is 29.2 Å². The van der Waals surface area contributed by atoms with Gasteiger partial charge in [0.1, 0.15) is 0 Å². The number of rotatable bonds is 7. The Morgan fingerprint density at radius 1 is 1.18 bits per heavy atom. The molecule has 1 aromatic rings. The minimum Gasteiger partial charge on any atom is -0.395 e. The highest BCUT2D eigenvalue weighted by Gasteiger charge is 2.12. The van der Waals surface area contributed by atoms with Crippen molar-refractivity contribution in [1.29, 1.82) is 0 Å². The Kier molecular flexibility index (Phi) is 5.40. The van der Waals surface area contributed by atoms with Crippen LogP contribution in [0, 0.1) is 0 Å². The van der Waals surface area contributed by atoms with Crippen LogP contribution < -0.4 is 10.0 Å². The van der Waals surface area contributed by atoms with E-state index in [2.05, 4.69) is 10.0 Å². The van der Waals surface area contributed by atoms with E-state index in [4.69, 9.17) is 5.11 Å². The highest BCUT2D eigenvalue weighted by molar-refractivity contribution is 7.89. The van der Waals surface area contributed by atoms with Crippen LogP contribution in [0.5, 0.6) is 0 Å². The SMILES string of the molecule is CCCNS(=O)(=O)c1ccc(NCCO)cc1. The number of aliphatic hydroxyl groups excluding tert-OH is 1. The molecular formula is C11H18N2O3S. The minimum absolute atomic E-state index is 0.0398. The molecule has 0 aliphatic rings. The third-order valence-corrected chi connectivity index (χ3v) is 3.62. The molecule has 0 aliphatic heterocycles. The van der Waals surface area contributed by atoms with E-state index in [1.807, 2.05) is 6.92 Å². The van der Waals surface area contributed by atoms with Crippen LogP contribution in [-0.4, -0.2) is 33.2 Å². The number of nitrogens with one attached hydrogen (secondary N) is 2. The zero-order valence-corrected chi connectivity index (χ0v) is 10.6. The van der Waals surface area contributed by atoms with Gasteiger partial charge in [0.05, 0.1) is 11.5 Å². The average Bonchev–Trinajstić information content (AvgIpc) is 2.34. The van der Waals surface area contributed by atoms with Crippen molar-refractivity contribution in [3.05, 3.63) is 24.3 Å². The molecule has 5 nitrogen and oxygen atoms in total. The van der Waals surface area contributed by atoms with Crippen molar-refractivity contribution >= 4 is 15.7 Å². The lowest BCUT2D eigenvalue weighted by atomic mass is 10.3. The zero-order chi connectivity index (χ0) is 12.7. The molecule has 0 bridgehead atoms. The number of anilines is 1. The van der Waals surface area contributed by atoms with Crippen molar-refractivity contribution in [1.82, 2.24) is 4.72 Å². The Hall–Kier alpha value is -1.11. The second-order valence-corrected chi connectivity index (χ2v) is 5.34. The predicted molar refractivity (Wildman–Crippen MR) is 67.5 cm³/mol. The fourth-order valence-electron chi connectivity index (χ4n) is 1.27. The first-order valence-corrected chi connectivity index (χ1v) is 7.03. The first kappa shape index (κ1) is 14.0. The number of aliphatic hydroxyl groups is 1. The van der Waals surface area contributed by atoms with Gasteiger partial charge in [0.25, 0.3) is 0 Å². The molecule has 1 rings (SSSR count). The third-order valence-electron chi connectivity index (χ3n) is 2.15. The Labute approximate surface area is 102 Å². The quantitative estimate of drug-likeness (QED) is 0.675. The lowest BCUT2D eigenvalue weighted by Crippen LogP contribution is -2.24. The summed E-state index contributed by atoms with van der Waals surface area (Å²) in [6.07, 6.45) is 0.759. The van der Waals surface area contributed by atoms with Gasteiger partial charge in [-0.05, 0) is 30.7 Å². The first-order valence-electron chi connectivity index (χ1n) is 5.54. The maximum atomic E-state index is 11.7. The van der Waals surface area contributed by atoms with Crippen LogP contribution in [0.3, 0.4) is 0 Å². The maximum absolute atomic E-state index is 11.7. The second kappa shape index (κ2) is 6.58. The molecular weight excluding hydrogens is 240 g/mol. The minimum atomic E-state index is -3.39. The number of hydrogen-bond acceptors (Lipinski definition) is 4. The van der Waals surface area contributed by atoms with Crippen LogP contribution in [0.2, 0.25) is 0 Å². The molecule has 0 aromatic heterocycles. The van der Waals surface area contributed by atoms with Crippen molar-refractivity contribution < 1.29 is 13.5 Å². The van der Waals surface area contributed by atoms with Crippen molar-refractivity contribution in [2.75, 3.05) is 25.0 Å². The lowest BCUT2D eigenvalue weighted by Gasteiger charge is -2.07. The highest BCUT2D eigenvalue weighted by atomic mass is 32.2. The summed E-state index contributed by atoms with van der Waals surface area (Å²) in [5.41, 5.74) is 0.786. The lowest BCUT2D eigenvalue weighted by molar-refractivity contribution is 0.311. The van der Waals surface area contributed by atoms with E-state index >= 15 is 0 Å². The summed E-state index contributed by atoms with van der Waals surface area (Å²) < 4.78 is 26.0. The molecule has 3 N–H and O–H groups in total. The smallest absolute Gasteiger partial charge is 0.240 e. The largest absolute Gasteiger partial charge is 0.395 e. The summed E-state index contributed by atoms with van der Waals surface area (Å²) in [6, 6.07) is 6.43. The summed E-state index contributed by atoms with van der Waals surface area (Å²) in [5, 5.41) is 11.6. The van der Waals surface area contributed by atoms with Gasteiger partial charge in [0.2, 0.25) is 10.0 Å². The van der Waals surface area contributed by atoms with Crippen LogP contribution in [-0.2, 0) is 10.0 Å². The molecule has 6 heteroatoms. The van der Waals surface area contributed by atoms with Crippen LogP contribution >= 0.6 is 0 Å². The van der Waals surface area contributed by atoms with E-state index < -0.39 is 10.0 Å². The second-order valence-electron chi connectivity index (χ2n) is 3.57. The molecule has 1 aromatic carbocycles. The van der Waals surface area contributed by atoms with Crippen LogP contribution in [0.4, 0.5) is 5.69 Å². The van der Waals surface area contributed by atoms with Crippen molar-refractivity contribution in [3.63, 3.8) is 0 Å². The number of benzene rings is 1. The van der Waals surface area contributed by atoms with E-state index in [0.717, 1.165) is 12.1 Å². The summed E-state index contributed by atoms with van der Waals surface area (Å²) in [4.78, 5) is 0.250. The zero-order valence-electron chi connectivity index (χ0n) is 9.81. The van der Waals surface area contributed by atoms with Crippen molar-refractivity contribution in [2.45, 2.75) is 18.2 Å². The number of sulfonamides is 1. The first-order chi connectivity index (χ1) is 8.10. The van der Waals surface area contributed by atoms with E-state index in [0.29, 0.717) is 13.1 Å². The van der Waals surface area contributed by atoms with Gasteiger partial charge in [0, 0.05) is 18.8 Å². The van der Waals surface area contributed by atoms with Gasteiger partial charge in [-0.15, -0.1) is 0 Å². The molecule has 17 heavy (non-hydrogen) atoms. The van der Waals surface area contributed by atoms with Gasteiger partial charge in [-0.2, -0.15) is 0 Å². The van der Waals surface area contributed by atoms with Gasteiger partial charge in [0.15, 0.2) is 0 Å². The Bertz CT molecular complexity index is 429. The molecule has 0 fully saturated rings. The monoisotopic (exact) mass is 258 g/mol. The van der Waals surface area contributed by atoms with Crippen molar-refractivity contribution in [3.8, 4) is 0 Å². The summed E-state index contributed by atoms with van der Waals surface area (Å²) in [7, 11) is -3.39.